The van der Waals surface area contributed by atoms with Gasteiger partial charge in [-0.3, -0.25) is 8.61 Å². The quantitative estimate of drug-likeness (QED) is 0.0610. The van der Waals surface area contributed by atoms with Gasteiger partial charge in [0.1, 0.15) is 5.82 Å². The lowest BCUT2D eigenvalue weighted by molar-refractivity contribution is 0.486. The molecule has 9 aromatic rings. The van der Waals surface area contributed by atoms with Crippen LogP contribution in [0.2, 0.25) is 13.4 Å². The van der Waals surface area contributed by atoms with Crippen molar-refractivity contribution in [2.24, 2.45) is 5.92 Å². The molecule has 404 valence electrons. The Labute approximate surface area is 482 Å². The second kappa shape index (κ2) is 26.0. The Hall–Kier alpha value is -3.72. The van der Waals surface area contributed by atoms with Crippen LogP contribution in [0.15, 0.2) is 90.1 Å². The zero-order valence-electron chi connectivity index (χ0n) is 40.9. The molecule has 2 aliphatic heterocycles. The largest absolute Gasteiger partial charge is 0.399 e. The normalized spacial score (nSPS) is 15.3. The molecule has 7 heterocycles. The van der Waals surface area contributed by atoms with Crippen molar-refractivity contribution in [3.05, 3.63) is 115 Å². The lowest BCUT2D eigenvalue weighted by Gasteiger charge is -2.16. The number of nitrogens with two attached hydrogens (primary N) is 1. The van der Waals surface area contributed by atoms with Crippen molar-refractivity contribution in [2.75, 3.05) is 56.8 Å². The summed E-state index contributed by atoms with van der Waals surface area (Å²) in [5, 5.41) is 1.11. The van der Waals surface area contributed by atoms with Gasteiger partial charge in [-0.25, -0.2) is 55.2 Å². The zero-order valence-corrected chi connectivity index (χ0v) is 50.5. The standard InChI is InChI=1S/C21H26N4O2S3.C11H11Cl2NO2S2.C10H9ClN2O2S2.C7H5ClN2S/c1-15(4-8-20-22-13-17(28-2)14-23-20)5-9-21-24-18-7-6-16(12-19(18)29-21)25-10-3-11-30(25,26)27;12-4-1-5-18(15,16)7-8-2-3-9-10(6-8)17-11(13)14-9;11-10-12-8-3-2-7(6-9(8)16-10)13-4-1-5-17(13,14)15;8-7-10-5-2-1-4(9)3-6(5)11-7/h6-7,12-15H,3-5,8-11H2,1-2H3;2-3,6H,1,4-5,7H2;2-3,6H,1,4-5H2;1-3H,9H2. The zero-order chi connectivity index (χ0) is 54.2. The minimum atomic E-state index is -3.15. The molecule has 2 aliphatic rings. The summed E-state index contributed by atoms with van der Waals surface area (Å²) in [5.41, 5.74) is 12.0. The minimum absolute atomic E-state index is 0.0371. The predicted molar refractivity (Wildman–Crippen MR) is 322 cm³/mol. The van der Waals surface area contributed by atoms with E-state index in [1.54, 1.807) is 47.4 Å². The van der Waals surface area contributed by atoms with Crippen molar-refractivity contribution >= 4 is 191 Å². The first kappa shape index (κ1) is 58.4. The number of alkyl halides is 1. The Balaban J connectivity index is 0.000000143. The lowest BCUT2D eigenvalue weighted by atomic mass is 10.00. The number of thiazole rings is 4. The molecule has 0 amide bonds. The Kier molecular flexibility index (Phi) is 20.0. The highest BCUT2D eigenvalue weighted by molar-refractivity contribution is 7.98. The van der Waals surface area contributed by atoms with Gasteiger partial charge in [0.15, 0.2) is 23.2 Å². The van der Waals surface area contributed by atoms with Crippen LogP contribution in [0.25, 0.3) is 40.9 Å². The van der Waals surface area contributed by atoms with E-state index in [-0.39, 0.29) is 23.0 Å². The molecule has 76 heavy (non-hydrogen) atoms. The van der Waals surface area contributed by atoms with Crippen molar-refractivity contribution in [3.63, 3.8) is 0 Å². The molecule has 2 N–H and O–H groups in total. The Bertz CT molecular complexity index is 3800. The van der Waals surface area contributed by atoms with E-state index in [9.17, 15) is 25.3 Å². The maximum absolute atomic E-state index is 12.2. The summed E-state index contributed by atoms with van der Waals surface area (Å²) < 4.78 is 79.9. The van der Waals surface area contributed by atoms with Crippen LogP contribution in [-0.2, 0) is 48.5 Å². The molecular weight excluding hydrogens is 1210 g/mol. The van der Waals surface area contributed by atoms with Crippen LogP contribution in [-0.4, -0.2) is 97.6 Å². The molecule has 2 fully saturated rings. The summed E-state index contributed by atoms with van der Waals surface area (Å²) in [5.74, 6) is 2.46. The number of nitrogens with zero attached hydrogens (tertiary/aromatic N) is 8. The van der Waals surface area contributed by atoms with E-state index in [4.69, 9.17) is 57.1 Å². The molecule has 1 unspecified atom stereocenters. The van der Waals surface area contributed by atoms with E-state index in [0.29, 0.717) is 63.2 Å². The molecule has 1 atom stereocenters. The van der Waals surface area contributed by atoms with Crippen LogP contribution in [0.1, 0.15) is 55.4 Å². The van der Waals surface area contributed by atoms with E-state index in [1.807, 2.05) is 67.2 Å². The van der Waals surface area contributed by atoms with Crippen molar-refractivity contribution in [1.29, 1.82) is 0 Å². The maximum Gasteiger partial charge on any atom is 0.235 e. The van der Waals surface area contributed by atoms with Crippen LogP contribution in [0.3, 0.4) is 0 Å². The summed E-state index contributed by atoms with van der Waals surface area (Å²) in [6, 6.07) is 22.2. The third-order valence-electron chi connectivity index (χ3n) is 12.0. The Morgan fingerprint density at radius 2 is 1.16 bits per heavy atom. The molecule has 11 rings (SSSR count). The SMILES string of the molecule is CSc1cnc(CCC(C)CCc2nc3ccc(N4CCCS4(=O)=O)cc3s2)nc1.Nc1ccc2nc(Cl)sc2c1.O=S(=O)(CCCCl)Cc1ccc2nc(Cl)sc2c1.O=S1(=O)CCCN1c1ccc2nc(Cl)sc2c1. The molecule has 2 saturated heterocycles. The van der Waals surface area contributed by atoms with Gasteiger partial charge in [0.2, 0.25) is 20.0 Å². The predicted octanol–water partition coefficient (Wildman–Crippen LogP) is 13.1. The number of fused-ring (bicyclic) bond motifs is 4. The average Bonchev–Trinajstić information content (AvgIpc) is 4.25. The van der Waals surface area contributed by atoms with Crippen LogP contribution >= 0.6 is 104 Å². The molecule has 27 heteroatoms. The number of nitrogen functional groups attached to an aromatic ring is 1. The summed E-state index contributed by atoms with van der Waals surface area (Å²) in [6.45, 7) is 3.39. The van der Waals surface area contributed by atoms with E-state index >= 15 is 0 Å². The van der Waals surface area contributed by atoms with E-state index in [2.05, 4.69) is 31.8 Å². The van der Waals surface area contributed by atoms with Crippen LogP contribution in [0.5, 0.6) is 0 Å². The fraction of sp³-hybridized carbons (Fsp3) is 0.347. The number of rotatable bonds is 14. The molecule has 15 nitrogen and oxygen atoms in total. The molecular formula is C49H51Cl4N9O6S8. The minimum Gasteiger partial charge on any atom is -0.399 e. The second-order valence-electron chi connectivity index (χ2n) is 17.7. The number of hydrogen-bond acceptors (Lipinski definition) is 18. The molecule has 0 radical (unpaired) electrons. The van der Waals surface area contributed by atoms with Gasteiger partial charge in [-0.15, -0.1) is 68.7 Å². The average molecular weight is 1260 g/mol. The number of aromatic nitrogens is 6. The molecule has 0 spiro atoms. The van der Waals surface area contributed by atoms with Crippen LogP contribution < -0.4 is 14.3 Å². The smallest absolute Gasteiger partial charge is 0.235 e. The van der Waals surface area contributed by atoms with Gasteiger partial charge in [0, 0.05) is 48.4 Å². The van der Waals surface area contributed by atoms with Crippen molar-refractivity contribution in [1.82, 2.24) is 29.9 Å². The first-order valence-electron chi connectivity index (χ1n) is 23.7. The third kappa shape index (κ3) is 15.8. The van der Waals surface area contributed by atoms with Gasteiger partial charge in [-0.2, -0.15) is 0 Å². The maximum atomic E-state index is 12.2. The Morgan fingerprint density at radius 3 is 1.68 bits per heavy atom. The summed E-state index contributed by atoms with van der Waals surface area (Å²) in [4.78, 5) is 27.0. The Morgan fingerprint density at radius 1 is 0.671 bits per heavy atom. The number of benzene rings is 4. The fourth-order valence-corrected chi connectivity index (χ4v) is 17.5. The molecule has 0 bridgehead atoms. The van der Waals surface area contributed by atoms with Crippen molar-refractivity contribution < 1.29 is 25.3 Å². The number of halogens is 4. The monoisotopic (exact) mass is 1260 g/mol. The molecule has 0 aliphatic carbocycles. The van der Waals surface area contributed by atoms with Crippen molar-refractivity contribution in [3.8, 4) is 0 Å². The van der Waals surface area contributed by atoms with Gasteiger partial charge >= 0.3 is 0 Å². The fourth-order valence-electron chi connectivity index (χ4n) is 8.13. The first-order valence-corrected chi connectivity index (χ1v) is 34.9. The lowest BCUT2D eigenvalue weighted by Crippen LogP contribution is -2.24. The second-order valence-corrected chi connectivity index (χ2v) is 31.1. The summed E-state index contributed by atoms with van der Waals surface area (Å²) >= 11 is 30.3. The first-order chi connectivity index (χ1) is 36.3. The van der Waals surface area contributed by atoms with E-state index in [1.165, 1.54) is 42.6 Å². The highest BCUT2D eigenvalue weighted by Crippen LogP contribution is 2.34. The summed E-state index contributed by atoms with van der Waals surface area (Å²) in [6.07, 6.45) is 11.6. The van der Waals surface area contributed by atoms with E-state index in [0.717, 1.165) is 99.2 Å². The number of hydrogen-bond donors (Lipinski definition) is 1. The molecule has 4 aromatic carbocycles. The highest BCUT2D eigenvalue weighted by atomic mass is 35.5. The number of sulfonamides is 2. The van der Waals surface area contributed by atoms with Crippen LogP contribution in [0.4, 0.5) is 17.1 Å². The van der Waals surface area contributed by atoms with Gasteiger partial charge in [-0.1, -0.05) is 47.8 Å². The number of anilines is 3. The van der Waals surface area contributed by atoms with Gasteiger partial charge in [0.05, 0.1) is 80.3 Å². The van der Waals surface area contributed by atoms with E-state index < -0.39 is 29.9 Å². The molecule has 0 saturated carbocycles. The third-order valence-corrected chi connectivity index (χ3v) is 22.8. The van der Waals surface area contributed by atoms with Crippen LogP contribution in [0, 0.1) is 5.92 Å². The number of aryl methyl sites for hydroxylation is 2. The highest BCUT2D eigenvalue weighted by Gasteiger charge is 2.30. The summed E-state index contributed by atoms with van der Waals surface area (Å²) in [7, 11) is -9.36. The number of sulfone groups is 1. The van der Waals surface area contributed by atoms with Gasteiger partial charge in [0.25, 0.3) is 0 Å². The molecule has 5 aromatic heterocycles. The van der Waals surface area contributed by atoms with Crippen molar-refractivity contribution in [2.45, 2.75) is 62.5 Å². The number of thioether (sulfide) groups is 1. The topological polar surface area (TPSA) is 212 Å². The van der Waals surface area contributed by atoms with Gasteiger partial charge in [-0.05, 0) is 123 Å². The van der Waals surface area contributed by atoms with Gasteiger partial charge < -0.3 is 5.73 Å².